The molecule has 416 valence electrons. The van der Waals surface area contributed by atoms with Crippen LogP contribution in [0.1, 0.15) is 89.3 Å². The van der Waals surface area contributed by atoms with Crippen molar-refractivity contribution < 1.29 is 105 Å². The molecule has 0 saturated carbocycles. The first-order chi connectivity index (χ1) is 34.4. The minimum Gasteiger partial charge on any atom is -0.494 e. The van der Waals surface area contributed by atoms with Crippen LogP contribution in [0.15, 0.2) is 109 Å². The number of alkyl halides is 13. The van der Waals surface area contributed by atoms with Crippen LogP contribution in [0.2, 0.25) is 0 Å². The number of hydrogen-bond acceptors (Lipinski definition) is 10. The summed E-state index contributed by atoms with van der Waals surface area (Å²) in [4.78, 5) is 45.5. The van der Waals surface area contributed by atoms with E-state index in [0.717, 1.165) is 55.9 Å². The second kappa shape index (κ2) is 29.9. The number of methoxy groups -OCH3 is 1. The van der Waals surface area contributed by atoms with Crippen LogP contribution in [0.5, 0.6) is 17.2 Å². The molecular formula is C52H57F13O10. The molecule has 0 fully saturated rings. The van der Waals surface area contributed by atoms with Crippen molar-refractivity contribution in [3.63, 3.8) is 0 Å². The fourth-order valence-corrected chi connectivity index (χ4v) is 5.65. The zero-order chi connectivity index (χ0) is 56.0. The Kier molecular flexibility index (Phi) is 26.4. The lowest BCUT2D eigenvalue weighted by atomic mass is 9.90. The maximum atomic E-state index is 14.3. The number of rotatable bonds is 28. The highest BCUT2D eigenvalue weighted by Gasteiger charge is 2.90. The lowest BCUT2D eigenvalue weighted by molar-refractivity contribution is -0.441. The number of benzene rings is 3. The Morgan fingerprint density at radius 1 is 0.467 bits per heavy atom. The highest BCUT2D eigenvalue weighted by atomic mass is 19.4. The third-order valence-electron chi connectivity index (χ3n) is 9.93. The minimum atomic E-state index is -8.01. The van der Waals surface area contributed by atoms with Crippen molar-refractivity contribution in [2.75, 3.05) is 33.5 Å². The smallest absolute Gasteiger partial charge is 0.460 e. The summed E-state index contributed by atoms with van der Waals surface area (Å²) in [6.45, 7) is 11.9. The average molecular weight is 1090 g/mol. The van der Waals surface area contributed by atoms with Crippen LogP contribution in [-0.4, -0.2) is 87.3 Å². The molecule has 0 heterocycles. The van der Waals surface area contributed by atoms with Crippen molar-refractivity contribution in [1.29, 1.82) is 0 Å². The Morgan fingerprint density at radius 3 is 1.17 bits per heavy atom. The largest absolute Gasteiger partial charge is 0.494 e. The summed E-state index contributed by atoms with van der Waals surface area (Å²) in [7, 11) is 1.35. The number of unbranched alkanes of at least 4 members (excludes halogenated alkanes) is 6. The normalized spacial score (nSPS) is 12.2. The molecule has 0 bridgehead atoms. The topological polar surface area (TPSA) is 124 Å². The summed E-state index contributed by atoms with van der Waals surface area (Å²) in [6, 6.07) is 14.1. The molecule has 3 aromatic carbocycles. The lowest BCUT2D eigenvalue weighted by Crippen LogP contribution is -2.69. The van der Waals surface area contributed by atoms with Gasteiger partial charge in [-0.3, -0.25) is 0 Å². The van der Waals surface area contributed by atoms with E-state index in [-0.39, 0.29) is 38.1 Å². The highest BCUT2D eigenvalue weighted by molar-refractivity contribution is 5.89. The Morgan fingerprint density at radius 2 is 0.813 bits per heavy atom. The van der Waals surface area contributed by atoms with Gasteiger partial charge in [0.15, 0.2) is 0 Å². The maximum Gasteiger partial charge on any atom is 0.460 e. The summed E-state index contributed by atoms with van der Waals surface area (Å²) in [6.07, 6.45) is 4.44. The number of hydrogen-bond donors (Lipinski definition) is 0. The zero-order valence-corrected chi connectivity index (χ0v) is 40.1. The van der Waals surface area contributed by atoms with Gasteiger partial charge in [0.25, 0.3) is 0 Å². The van der Waals surface area contributed by atoms with E-state index in [1.807, 2.05) is 24.3 Å². The molecule has 75 heavy (non-hydrogen) atoms. The molecule has 0 aliphatic heterocycles. The molecule has 3 aromatic rings. The Bertz CT molecular complexity index is 2360. The molecule has 10 nitrogen and oxygen atoms in total. The first-order valence-electron chi connectivity index (χ1n) is 22.3. The summed E-state index contributed by atoms with van der Waals surface area (Å²) in [5.74, 6) is -39.4. The van der Waals surface area contributed by atoms with E-state index in [4.69, 9.17) is 23.7 Å². The number of carbonyl (C=O) groups is 4. The van der Waals surface area contributed by atoms with Crippen LogP contribution < -0.4 is 14.2 Å². The molecule has 23 heteroatoms. The van der Waals surface area contributed by atoms with Gasteiger partial charge in [-0.15, -0.1) is 0 Å². The van der Waals surface area contributed by atoms with Gasteiger partial charge in [0.1, 0.15) is 17.2 Å². The van der Waals surface area contributed by atoms with E-state index in [1.54, 1.807) is 32.1 Å². The lowest BCUT2D eigenvalue weighted by Gasteiger charge is -2.39. The molecule has 0 unspecified atom stereocenters. The van der Waals surface area contributed by atoms with Gasteiger partial charge in [0.05, 0.1) is 33.5 Å². The van der Waals surface area contributed by atoms with Crippen molar-refractivity contribution in [3.05, 3.63) is 126 Å². The van der Waals surface area contributed by atoms with E-state index >= 15 is 0 Å². The molecule has 0 N–H and O–H groups in total. The van der Waals surface area contributed by atoms with E-state index in [0.29, 0.717) is 67.3 Å². The van der Waals surface area contributed by atoms with E-state index in [9.17, 15) is 76.3 Å². The summed E-state index contributed by atoms with van der Waals surface area (Å²) in [5.41, 5.74) is -0.111. The average Bonchev–Trinajstić information content (AvgIpc) is 3.34. The monoisotopic (exact) mass is 1090 g/mol. The van der Waals surface area contributed by atoms with Crippen LogP contribution in [0.3, 0.4) is 0 Å². The summed E-state index contributed by atoms with van der Waals surface area (Å²) < 4.78 is 205. The fourth-order valence-electron chi connectivity index (χ4n) is 5.65. The van der Waals surface area contributed by atoms with Crippen LogP contribution in [0.4, 0.5) is 57.1 Å². The van der Waals surface area contributed by atoms with Crippen LogP contribution >= 0.6 is 0 Å². The predicted molar refractivity (Wildman–Crippen MR) is 251 cm³/mol. The number of halogens is 13. The van der Waals surface area contributed by atoms with Gasteiger partial charge in [-0.2, -0.15) is 57.1 Å². The van der Waals surface area contributed by atoms with Gasteiger partial charge in [-0.1, -0.05) is 44.8 Å². The standard InChI is InChI=1S/C31H27F13O5.C20H26O5.CH4/c1-19(2)25(46)48-18-6-4-3-5-17-47-22-12-7-20(8-13-22)9-16-24(45)49-23-14-10-21(11-15-23)26(32,33)27(34,35)28(36,37)29(38,39)30(40,41)31(42,43)44;1-16(2)20(22)25-15-7-5-4-6-14-24-18-11-8-17(9-12-18)10-13-19(21)23-3;/h7-16H,1,3-6,17-18H2,2H3;8-13H,1,4-7,14-15H2,2-3H3;1H4/b16-9+;13-10+;. The van der Waals surface area contributed by atoms with Gasteiger partial charge in [-0.25, -0.2) is 19.2 Å². The Hall–Kier alpha value is -6.81. The van der Waals surface area contributed by atoms with Crippen molar-refractivity contribution in [2.24, 2.45) is 0 Å². The first-order valence-corrected chi connectivity index (χ1v) is 22.3. The Labute approximate surface area is 425 Å². The molecule has 0 radical (unpaired) electrons. The van der Waals surface area contributed by atoms with Gasteiger partial charge < -0.3 is 28.4 Å². The second-order valence-electron chi connectivity index (χ2n) is 16.0. The van der Waals surface area contributed by atoms with Gasteiger partial charge in [0, 0.05) is 28.9 Å². The summed E-state index contributed by atoms with van der Waals surface area (Å²) >= 11 is 0. The zero-order valence-electron chi connectivity index (χ0n) is 40.1. The van der Waals surface area contributed by atoms with Crippen molar-refractivity contribution in [3.8, 4) is 17.2 Å². The fraction of sp³-hybridized carbons (Fsp3) is 0.423. The van der Waals surface area contributed by atoms with Gasteiger partial charge >= 0.3 is 59.7 Å². The third kappa shape index (κ3) is 19.8. The number of carbonyl (C=O) groups excluding carboxylic acids is 4. The molecule has 0 aromatic heterocycles. The number of ether oxygens (including phenoxy) is 6. The molecular weight excluding hydrogens is 1030 g/mol. The predicted octanol–water partition coefficient (Wildman–Crippen LogP) is 14.1. The minimum absolute atomic E-state index is 0. The van der Waals surface area contributed by atoms with Crippen molar-refractivity contribution in [1.82, 2.24) is 0 Å². The molecule has 0 aliphatic rings. The van der Waals surface area contributed by atoms with Crippen molar-refractivity contribution >= 4 is 36.0 Å². The SMILES string of the molecule is C.C=C(C)C(=O)OCCCCCCOc1ccc(/C=C/C(=O)OC)cc1.C=C(C)C(=O)OCCCCCCOc1ccc(/C=C/C(=O)Oc2ccc(C(F)(F)C(F)(F)C(F)(F)C(F)(F)C(F)(F)C(F)(F)F)cc2)cc1. The molecule has 0 amide bonds. The molecule has 0 spiro atoms. The van der Waals surface area contributed by atoms with E-state index < -0.39 is 59.0 Å². The second-order valence-corrected chi connectivity index (χ2v) is 16.0. The van der Waals surface area contributed by atoms with Crippen LogP contribution in [0.25, 0.3) is 12.2 Å². The van der Waals surface area contributed by atoms with Gasteiger partial charge in [0.2, 0.25) is 0 Å². The van der Waals surface area contributed by atoms with Crippen LogP contribution in [-0.2, 0) is 39.3 Å². The highest BCUT2D eigenvalue weighted by Crippen LogP contribution is 2.62. The molecule has 3 rings (SSSR count). The first kappa shape index (κ1) is 66.2. The van der Waals surface area contributed by atoms with Crippen LogP contribution in [0, 0.1) is 0 Å². The molecule has 0 saturated heterocycles. The molecule has 0 atom stereocenters. The van der Waals surface area contributed by atoms with Gasteiger partial charge in [-0.05, 0) is 137 Å². The molecule has 0 aliphatic carbocycles. The van der Waals surface area contributed by atoms with E-state index in [1.165, 1.54) is 31.4 Å². The van der Waals surface area contributed by atoms with E-state index in [2.05, 4.69) is 17.9 Å². The Balaban J connectivity index is 0.000000909. The third-order valence-corrected chi connectivity index (χ3v) is 9.93. The van der Waals surface area contributed by atoms with Crippen molar-refractivity contribution in [2.45, 2.75) is 108 Å². The summed E-state index contributed by atoms with van der Waals surface area (Å²) in [5, 5.41) is 0. The maximum absolute atomic E-state index is 14.3. The quantitative estimate of drug-likeness (QED) is 0.0173. The number of esters is 4.